The van der Waals surface area contributed by atoms with Gasteiger partial charge in [0.25, 0.3) is 5.91 Å². The van der Waals surface area contributed by atoms with Crippen LogP contribution in [0.4, 0.5) is 5.69 Å². The molecule has 4 rings (SSSR count). The van der Waals surface area contributed by atoms with Gasteiger partial charge >= 0.3 is 0 Å². The number of carbonyl (C=O) groups excluding carboxylic acids is 2. The molecule has 1 atom stereocenters. The van der Waals surface area contributed by atoms with Crippen LogP contribution in [0, 0.1) is 5.92 Å². The number of amides is 2. The molecule has 0 saturated carbocycles. The summed E-state index contributed by atoms with van der Waals surface area (Å²) >= 11 is 0. The number of fused-ring (bicyclic) bond motifs is 1. The second kappa shape index (κ2) is 10.2. The average molecular weight is 486 g/mol. The summed E-state index contributed by atoms with van der Waals surface area (Å²) in [5.41, 5.74) is 3.47. The molecule has 8 nitrogen and oxygen atoms in total. The molecule has 2 aromatic carbocycles. The lowest BCUT2D eigenvalue weighted by Gasteiger charge is -2.26. The first-order chi connectivity index (χ1) is 16.3. The van der Waals surface area contributed by atoms with Crippen LogP contribution in [0.25, 0.3) is 0 Å². The van der Waals surface area contributed by atoms with Gasteiger partial charge in [0.1, 0.15) is 6.04 Å². The van der Waals surface area contributed by atoms with Gasteiger partial charge in [-0.15, -0.1) is 0 Å². The number of nitrogens with zero attached hydrogens (tertiary/aromatic N) is 1. The molecule has 1 saturated heterocycles. The largest absolute Gasteiger partial charge is 0.379 e. The maximum Gasteiger partial charge on any atom is 0.251 e. The van der Waals surface area contributed by atoms with E-state index >= 15 is 0 Å². The van der Waals surface area contributed by atoms with Crippen LogP contribution < -0.4 is 10.6 Å². The van der Waals surface area contributed by atoms with E-state index in [2.05, 4.69) is 10.6 Å². The number of aryl methyl sites for hydroxylation is 2. The van der Waals surface area contributed by atoms with Crippen LogP contribution >= 0.6 is 0 Å². The molecular formula is C25H31N3O5S. The third kappa shape index (κ3) is 5.32. The number of hydrogen-bond donors (Lipinski definition) is 2. The van der Waals surface area contributed by atoms with Gasteiger partial charge in [0.05, 0.1) is 18.1 Å². The summed E-state index contributed by atoms with van der Waals surface area (Å²) in [4.78, 5) is 26.1. The van der Waals surface area contributed by atoms with Crippen LogP contribution in [-0.2, 0) is 32.4 Å². The highest BCUT2D eigenvalue weighted by Gasteiger charge is 2.28. The molecule has 0 aromatic heterocycles. The molecule has 0 unspecified atom stereocenters. The number of nitrogens with one attached hydrogen (secondary N) is 2. The van der Waals surface area contributed by atoms with Crippen molar-refractivity contribution in [2.24, 2.45) is 5.92 Å². The fraction of sp³-hybridized carbons (Fsp3) is 0.440. The van der Waals surface area contributed by atoms with Crippen molar-refractivity contribution in [1.82, 2.24) is 9.62 Å². The van der Waals surface area contributed by atoms with Crippen molar-refractivity contribution in [3.8, 4) is 0 Å². The van der Waals surface area contributed by atoms with E-state index in [-0.39, 0.29) is 35.4 Å². The van der Waals surface area contributed by atoms with Gasteiger partial charge in [-0.25, -0.2) is 8.42 Å². The maximum atomic E-state index is 13.0. The van der Waals surface area contributed by atoms with Crippen LogP contribution in [0.1, 0.15) is 41.8 Å². The smallest absolute Gasteiger partial charge is 0.251 e. The number of ether oxygens (including phenoxy) is 1. The minimum absolute atomic E-state index is 0.0470. The van der Waals surface area contributed by atoms with E-state index in [9.17, 15) is 18.0 Å². The van der Waals surface area contributed by atoms with Gasteiger partial charge in [0.15, 0.2) is 0 Å². The molecule has 2 aliphatic rings. The Morgan fingerprint density at radius 3 is 2.47 bits per heavy atom. The Morgan fingerprint density at radius 2 is 1.74 bits per heavy atom. The summed E-state index contributed by atoms with van der Waals surface area (Å²) in [5.74, 6) is -0.973. The van der Waals surface area contributed by atoms with E-state index in [0.29, 0.717) is 18.9 Å². The second-order valence-corrected chi connectivity index (χ2v) is 11.0. The SMILES string of the molecule is CC(C)[C@H](NC(=O)c1cccc(S(=O)(=O)N2CCOCC2)c1)C(=O)Nc1ccc2c(c1)CCC2. The molecule has 0 radical (unpaired) electrons. The standard InChI is InChI=1S/C25H31N3O5S/c1-17(2)23(25(30)26-21-10-9-18-5-3-6-19(18)15-21)27-24(29)20-7-4-8-22(16-20)34(31,32)28-11-13-33-14-12-28/h4,7-10,15-17,23H,3,5-6,11-14H2,1-2H3,(H,26,30)(H,27,29)/t23-/m0/s1. The highest BCUT2D eigenvalue weighted by atomic mass is 32.2. The molecule has 1 aliphatic heterocycles. The molecule has 2 N–H and O–H groups in total. The summed E-state index contributed by atoms with van der Waals surface area (Å²) in [7, 11) is -3.73. The second-order valence-electron chi connectivity index (χ2n) is 9.07. The fourth-order valence-electron chi connectivity index (χ4n) is 4.36. The first-order valence-corrected chi connectivity index (χ1v) is 13.1. The topological polar surface area (TPSA) is 105 Å². The number of hydrogen-bond acceptors (Lipinski definition) is 5. The van der Waals surface area contributed by atoms with Crippen molar-refractivity contribution in [2.75, 3.05) is 31.6 Å². The van der Waals surface area contributed by atoms with Gasteiger partial charge in [0.2, 0.25) is 15.9 Å². The zero-order valence-electron chi connectivity index (χ0n) is 19.5. The Kier molecular flexibility index (Phi) is 7.35. The van der Waals surface area contributed by atoms with Crippen LogP contribution in [0.5, 0.6) is 0 Å². The van der Waals surface area contributed by atoms with Crippen molar-refractivity contribution in [2.45, 2.75) is 44.0 Å². The van der Waals surface area contributed by atoms with E-state index in [1.165, 1.54) is 33.6 Å². The van der Waals surface area contributed by atoms with E-state index in [0.717, 1.165) is 19.3 Å². The predicted molar refractivity (Wildman–Crippen MR) is 129 cm³/mol. The van der Waals surface area contributed by atoms with Crippen molar-refractivity contribution < 1.29 is 22.7 Å². The minimum atomic E-state index is -3.73. The molecule has 2 aromatic rings. The fourth-order valence-corrected chi connectivity index (χ4v) is 5.82. The molecule has 34 heavy (non-hydrogen) atoms. The highest BCUT2D eigenvalue weighted by Crippen LogP contribution is 2.25. The van der Waals surface area contributed by atoms with Gasteiger partial charge in [-0.05, 0) is 66.6 Å². The van der Waals surface area contributed by atoms with Gasteiger partial charge < -0.3 is 15.4 Å². The van der Waals surface area contributed by atoms with E-state index in [1.54, 1.807) is 6.07 Å². The quantitative estimate of drug-likeness (QED) is 0.627. The summed E-state index contributed by atoms with van der Waals surface area (Å²) in [5, 5.41) is 5.70. The van der Waals surface area contributed by atoms with Crippen molar-refractivity contribution in [3.63, 3.8) is 0 Å². The lowest BCUT2D eigenvalue weighted by atomic mass is 10.0. The van der Waals surface area contributed by atoms with Gasteiger partial charge in [-0.1, -0.05) is 26.0 Å². The Morgan fingerprint density at radius 1 is 1.00 bits per heavy atom. The highest BCUT2D eigenvalue weighted by molar-refractivity contribution is 7.89. The molecule has 182 valence electrons. The molecule has 9 heteroatoms. The summed E-state index contributed by atoms with van der Waals surface area (Å²) in [6.07, 6.45) is 3.19. The number of anilines is 1. The zero-order chi connectivity index (χ0) is 24.3. The normalized spacial score (nSPS) is 17.3. The van der Waals surface area contributed by atoms with Crippen molar-refractivity contribution in [3.05, 3.63) is 59.2 Å². The minimum Gasteiger partial charge on any atom is -0.379 e. The average Bonchev–Trinajstić information content (AvgIpc) is 3.30. The Hall–Kier alpha value is -2.75. The van der Waals surface area contributed by atoms with Crippen molar-refractivity contribution in [1.29, 1.82) is 0 Å². The lowest BCUT2D eigenvalue weighted by molar-refractivity contribution is -0.118. The third-order valence-corrected chi connectivity index (χ3v) is 8.20. The summed E-state index contributed by atoms with van der Waals surface area (Å²) in [6, 6.07) is 11.1. The maximum absolute atomic E-state index is 13.0. The first kappa shape index (κ1) is 24.4. The zero-order valence-corrected chi connectivity index (χ0v) is 20.4. The van der Waals surface area contributed by atoms with Gasteiger partial charge in [-0.3, -0.25) is 9.59 Å². The van der Waals surface area contributed by atoms with Crippen LogP contribution in [0.2, 0.25) is 0 Å². The van der Waals surface area contributed by atoms with E-state index in [4.69, 9.17) is 4.74 Å². The monoisotopic (exact) mass is 485 g/mol. The molecule has 1 heterocycles. The molecule has 0 spiro atoms. The van der Waals surface area contributed by atoms with Crippen molar-refractivity contribution >= 4 is 27.5 Å². The molecule has 1 fully saturated rings. The molecule has 1 aliphatic carbocycles. The van der Waals surface area contributed by atoms with Crippen LogP contribution in [0.3, 0.4) is 0 Å². The van der Waals surface area contributed by atoms with E-state index in [1.807, 2.05) is 32.0 Å². The molecule has 0 bridgehead atoms. The number of benzene rings is 2. The predicted octanol–water partition coefficient (Wildman–Crippen LogP) is 2.59. The Balaban J connectivity index is 1.47. The Labute approximate surface area is 200 Å². The first-order valence-electron chi connectivity index (χ1n) is 11.7. The van der Waals surface area contributed by atoms with Gasteiger partial charge in [0, 0.05) is 24.3 Å². The number of morpholine rings is 1. The van der Waals surface area contributed by atoms with E-state index < -0.39 is 22.0 Å². The Bertz CT molecular complexity index is 1170. The summed E-state index contributed by atoms with van der Waals surface area (Å²) in [6.45, 7) is 4.94. The molecular weight excluding hydrogens is 454 g/mol. The number of sulfonamides is 1. The third-order valence-electron chi connectivity index (χ3n) is 6.31. The van der Waals surface area contributed by atoms with Crippen LogP contribution in [0.15, 0.2) is 47.4 Å². The summed E-state index contributed by atoms with van der Waals surface area (Å²) < 4.78 is 32.5. The lowest BCUT2D eigenvalue weighted by Crippen LogP contribution is -2.47. The van der Waals surface area contributed by atoms with Gasteiger partial charge in [-0.2, -0.15) is 4.31 Å². The molecule has 2 amide bonds. The van der Waals surface area contributed by atoms with Crippen LogP contribution in [-0.4, -0.2) is 56.9 Å². The number of carbonyl (C=O) groups is 2. The number of rotatable bonds is 7.